The molecule has 0 aliphatic rings. The summed E-state index contributed by atoms with van der Waals surface area (Å²) < 4.78 is 20.6. The fraction of sp³-hybridized carbons (Fsp3) is 0.231. The van der Waals surface area contributed by atoms with Crippen LogP contribution >= 0.6 is 0 Å². The largest absolute Gasteiger partial charge is 0.490 e. The molecule has 4 nitrogen and oxygen atoms in total. The topological polar surface area (TPSA) is 50.8 Å². The van der Waals surface area contributed by atoms with Gasteiger partial charge in [0.1, 0.15) is 35.6 Å². The lowest BCUT2D eigenvalue weighted by Crippen LogP contribution is -2.09. The van der Waals surface area contributed by atoms with Crippen LogP contribution in [0.5, 0.6) is 5.75 Å². The summed E-state index contributed by atoms with van der Waals surface area (Å²) >= 11 is 0. The molecule has 1 heterocycles. The number of aromatic nitrogens is 2. The summed E-state index contributed by atoms with van der Waals surface area (Å²) in [5.41, 5.74) is -0.0557. The van der Waals surface area contributed by atoms with Crippen molar-refractivity contribution in [3.63, 3.8) is 0 Å². The Labute approximate surface area is 104 Å². The summed E-state index contributed by atoms with van der Waals surface area (Å²) in [5, 5.41) is 8.84. The third kappa shape index (κ3) is 2.48. The van der Waals surface area contributed by atoms with Crippen LogP contribution in [0.15, 0.2) is 30.6 Å². The summed E-state index contributed by atoms with van der Waals surface area (Å²) in [6.45, 7) is 2.85. The molecule has 2 rings (SSSR count). The highest BCUT2D eigenvalue weighted by atomic mass is 19.1. The molecule has 0 fully saturated rings. The van der Waals surface area contributed by atoms with Gasteiger partial charge in [-0.1, -0.05) is 6.07 Å². The molecule has 0 aliphatic heterocycles. The van der Waals surface area contributed by atoms with Crippen LogP contribution < -0.4 is 4.74 Å². The van der Waals surface area contributed by atoms with Gasteiger partial charge in [0.25, 0.3) is 0 Å². The van der Waals surface area contributed by atoms with Crippen molar-refractivity contribution in [3.05, 3.63) is 47.8 Å². The van der Waals surface area contributed by atoms with Crippen LogP contribution in [0.25, 0.3) is 0 Å². The lowest BCUT2D eigenvalue weighted by atomic mass is 10.2. The summed E-state index contributed by atoms with van der Waals surface area (Å²) in [7, 11) is 0. The maximum Gasteiger partial charge on any atom is 0.144 e. The van der Waals surface area contributed by atoms with E-state index in [1.165, 1.54) is 12.1 Å². The number of imidazole rings is 1. The van der Waals surface area contributed by atoms with E-state index in [1.807, 2.05) is 17.7 Å². The van der Waals surface area contributed by atoms with E-state index >= 15 is 0 Å². The summed E-state index contributed by atoms with van der Waals surface area (Å²) in [5.74, 6) is 0.599. The van der Waals surface area contributed by atoms with Crippen LogP contribution in [0, 0.1) is 24.1 Å². The molecule has 0 unspecified atom stereocenters. The Morgan fingerprint density at radius 1 is 1.50 bits per heavy atom. The van der Waals surface area contributed by atoms with Crippen LogP contribution in [0.1, 0.15) is 11.4 Å². The van der Waals surface area contributed by atoms with Gasteiger partial charge < -0.3 is 9.30 Å². The molecule has 0 amide bonds. The molecule has 0 radical (unpaired) electrons. The van der Waals surface area contributed by atoms with E-state index in [-0.39, 0.29) is 11.3 Å². The van der Waals surface area contributed by atoms with Crippen molar-refractivity contribution in [1.82, 2.24) is 9.55 Å². The molecule has 1 aromatic heterocycles. The Kier molecular flexibility index (Phi) is 3.58. The van der Waals surface area contributed by atoms with Gasteiger partial charge in [0.2, 0.25) is 0 Å². The molecule has 1 aromatic carbocycles. The molecule has 5 heteroatoms. The second-order valence-electron chi connectivity index (χ2n) is 3.74. The van der Waals surface area contributed by atoms with Crippen LogP contribution in [0.4, 0.5) is 4.39 Å². The molecular weight excluding hydrogens is 233 g/mol. The second-order valence-corrected chi connectivity index (χ2v) is 3.74. The summed E-state index contributed by atoms with van der Waals surface area (Å²) in [6, 6.07) is 6.15. The number of nitriles is 1. The molecule has 0 aliphatic carbocycles. The van der Waals surface area contributed by atoms with E-state index in [2.05, 4.69) is 4.98 Å². The molecule has 0 bridgehead atoms. The van der Waals surface area contributed by atoms with Crippen molar-refractivity contribution in [2.24, 2.45) is 0 Å². The minimum atomic E-state index is -0.561. The van der Waals surface area contributed by atoms with Gasteiger partial charge in [0.05, 0.1) is 6.54 Å². The van der Waals surface area contributed by atoms with E-state index in [0.717, 1.165) is 5.82 Å². The Balaban J connectivity index is 2.01. The lowest BCUT2D eigenvalue weighted by Gasteiger charge is -2.09. The third-order valence-electron chi connectivity index (χ3n) is 2.60. The van der Waals surface area contributed by atoms with Crippen molar-refractivity contribution in [2.75, 3.05) is 6.61 Å². The quantitative estimate of drug-likeness (QED) is 0.830. The molecule has 0 saturated carbocycles. The smallest absolute Gasteiger partial charge is 0.144 e. The number of benzene rings is 1. The average molecular weight is 245 g/mol. The Hall–Kier alpha value is -2.35. The molecule has 18 heavy (non-hydrogen) atoms. The molecule has 0 spiro atoms. The van der Waals surface area contributed by atoms with Crippen molar-refractivity contribution in [2.45, 2.75) is 13.5 Å². The van der Waals surface area contributed by atoms with Crippen molar-refractivity contribution >= 4 is 0 Å². The van der Waals surface area contributed by atoms with Gasteiger partial charge >= 0.3 is 0 Å². The van der Waals surface area contributed by atoms with Crippen LogP contribution in [-0.4, -0.2) is 16.2 Å². The van der Waals surface area contributed by atoms with Gasteiger partial charge in [-0.3, -0.25) is 0 Å². The number of ether oxygens (including phenoxy) is 1. The number of rotatable bonds is 4. The first kappa shape index (κ1) is 12.1. The van der Waals surface area contributed by atoms with Gasteiger partial charge in [-0.15, -0.1) is 0 Å². The van der Waals surface area contributed by atoms with Gasteiger partial charge in [0.15, 0.2) is 0 Å². The highest BCUT2D eigenvalue weighted by Gasteiger charge is 2.08. The zero-order valence-corrected chi connectivity index (χ0v) is 9.93. The fourth-order valence-electron chi connectivity index (χ4n) is 1.63. The first-order valence-corrected chi connectivity index (χ1v) is 5.51. The summed E-state index contributed by atoms with van der Waals surface area (Å²) in [4.78, 5) is 4.09. The zero-order chi connectivity index (χ0) is 13.0. The lowest BCUT2D eigenvalue weighted by molar-refractivity contribution is 0.294. The average Bonchev–Trinajstić information content (AvgIpc) is 2.75. The fourth-order valence-corrected chi connectivity index (χ4v) is 1.63. The monoisotopic (exact) mass is 245 g/mol. The maximum atomic E-state index is 13.3. The molecule has 0 N–H and O–H groups in total. The highest BCUT2D eigenvalue weighted by molar-refractivity contribution is 5.43. The number of aryl methyl sites for hydroxylation is 1. The maximum absolute atomic E-state index is 13.3. The predicted octanol–water partition coefficient (Wildman–Crippen LogP) is 2.28. The highest BCUT2D eigenvalue weighted by Crippen LogP contribution is 2.20. The first-order chi connectivity index (χ1) is 8.72. The molecule has 2 aromatic rings. The Bertz CT molecular complexity index is 586. The van der Waals surface area contributed by atoms with Crippen molar-refractivity contribution < 1.29 is 9.13 Å². The Morgan fingerprint density at radius 2 is 2.33 bits per heavy atom. The number of hydrogen-bond acceptors (Lipinski definition) is 3. The number of halogens is 1. The van der Waals surface area contributed by atoms with E-state index in [1.54, 1.807) is 18.3 Å². The van der Waals surface area contributed by atoms with Crippen molar-refractivity contribution in [3.8, 4) is 11.8 Å². The van der Waals surface area contributed by atoms with Crippen molar-refractivity contribution in [1.29, 1.82) is 5.26 Å². The van der Waals surface area contributed by atoms with Crippen LogP contribution in [-0.2, 0) is 6.54 Å². The van der Waals surface area contributed by atoms with E-state index in [4.69, 9.17) is 10.00 Å². The van der Waals surface area contributed by atoms with E-state index < -0.39 is 5.82 Å². The first-order valence-electron chi connectivity index (χ1n) is 5.51. The predicted molar refractivity (Wildman–Crippen MR) is 63.6 cm³/mol. The number of nitrogens with zero attached hydrogens (tertiary/aromatic N) is 3. The normalized spacial score (nSPS) is 10.1. The van der Waals surface area contributed by atoms with Crippen LogP contribution in [0.3, 0.4) is 0 Å². The van der Waals surface area contributed by atoms with E-state index in [0.29, 0.717) is 13.2 Å². The van der Waals surface area contributed by atoms with Gasteiger partial charge in [0, 0.05) is 12.4 Å². The van der Waals surface area contributed by atoms with Gasteiger partial charge in [-0.25, -0.2) is 9.37 Å². The Morgan fingerprint density at radius 3 is 3.00 bits per heavy atom. The summed E-state index contributed by atoms with van der Waals surface area (Å²) in [6.07, 6.45) is 3.55. The SMILES string of the molecule is Cc1nccn1CCOc1cccc(F)c1C#N. The van der Waals surface area contributed by atoms with E-state index in [9.17, 15) is 4.39 Å². The minimum absolute atomic E-state index is 0.0557. The standard InChI is InChI=1S/C13H12FN3O/c1-10-16-5-6-17(10)7-8-18-13-4-2-3-12(14)11(13)9-15/h2-6H,7-8H2,1H3. The molecular formula is C13H12FN3O. The van der Waals surface area contributed by atoms with Gasteiger partial charge in [-0.2, -0.15) is 5.26 Å². The molecule has 92 valence electrons. The molecule has 0 atom stereocenters. The third-order valence-corrected chi connectivity index (χ3v) is 2.60. The second kappa shape index (κ2) is 5.32. The minimum Gasteiger partial charge on any atom is -0.490 e. The number of hydrogen-bond donors (Lipinski definition) is 0. The van der Waals surface area contributed by atoms with Crippen LogP contribution in [0.2, 0.25) is 0 Å². The molecule has 0 saturated heterocycles. The zero-order valence-electron chi connectivity index (χ0n) is 9.93. The van der Waals surface area contributed by atoms with Gasteiger partial charge in [-0.05, 0) is 19.1 Å².